The number of carboxylic acids is 1. The number of carbonyl (C=O) groups is 1. The Hall–Kier alpha value is -2.81. The highest BCUT2D eigenvalue weighted by molar-refractivity contribution is 5.86. The molecule has 0 unspecified atom stereocenters. The molecule has 0 heterocycles. The molecule has 2 aromatic carbocycles. The Bertz CT molecular complexity index is 892. The van der Waals surface area contributed by atoms with Gasteiger partial charge in [0.15, 0.2) is 0 Å². The average molecular weight is 410 g/mol. The number of rotatable bonds is 9. The van der Waals surface area contributed by atoms with Crippen LogP contribution in [0.5, 0.6) is 5.75 Å². The van der Waals surface area contributed by atoms with E-state index in [-0.39, 0.29) is 6.04 Å². The van der Waals surface area contributed by atoms with E-state index in [4.69, 9.17) is 9.84 Å². The van der Waals surface area contributed by atoms with Crippen molar-refractivity contribution in [2.24, 2.45) is 0 Å². The first-order valence-electron chi connectivity index (χ1n) is 10.1. The van der Waals surface area contributed by atoms with Crippen molar-refractivity contribution in [3.05, 3.63) is 65.2 Å². The first-order chi connectivity index (χ1) is 14.1. The fourth-order valence-electron chi connectivity index (χ4n) is 3.16. The summed E-state index contributed by atoms with van der Waals surface area (Å²) in [5.74, 6) is 4.69. The fraction of sp³-hybridized carbons (Fsp3) is 0.400. The van der Waals surface area contributed by atoms with Gasteiger partial charge in [-0.2, -0.15) is 0 Å². The predicted molar refractivity (Wildman–Crippen MR) is 120 cm³/mol. The quantitative estimate of drug-likeness (QED) is 0.509. The maximum Gasteiger partial charge on any atom is 0.381 e. The summed E-state index contributed by atoms with van der Waals surface area (Å²) in [5, 5.41) is 8.66. The number of hydrogen-bond donors (Lipinski definition) is 1. The SMILES string of the molecule is C[C@H](Cc1ccc(OCc2ccccc2)c(C[N+](C)(C)C)c1)N(C)CC#CC(=O)O. The van der Waals surface area contributed by atoms with E-state index in [0.29, 0.717) is 13.2 Å². The number of benzene rings is 2. The third-order valence-corrected chi connectivity index (χ3v) is 4.81. The van der Waals surface area contributed by atoms with Gasteiger partial charge in [0.25, 0.3) is 0 Å². The summed E-state index contributed by atoms with van der Waals surface area (Å²) in [6, 6.07) is 16.8. The molecule has 30 heavy (non-hydrogen) atoms. The van der Waals surface area contributed by atoms with Crippen molar-refractivity contribution in [3.8, 4) is 17.6 Å². The molecule has 0 radical (unpaired) electrons. The predicted octanol–water partition coefficient (Wildman–Crippen LogP) is 3.42. The number of aliphatic carboxylic acids is 1. The smallest absolute Gasteiger partial charge is 0.381 e. The van der Waals surface area contributed by atoms with Crippen molar-refractivity contribution in [1.29, 1.82) is 0 Å². The number of carboxylic acid groups (broad SMARTS) is 1. The van der Waals surface area contributed by atoms with Gasteiger partial charge in [-0.3, -0.25) is 4.90 Å². The highest BCUT2D eigenvalue weighted by Crippen LogP contribution is 2.25. The van der Waals surface area contributed by atoms with E-state index in [0.717, 1.165) is 28.8 Å². The third kappa shape index (κ3) is 8.28. The second kappa shape index (κ2) is 10.8. The molecule has 1 atom stereocenters. The van der Waals surface area contributed by atoms with Crippen molar-refractivity contribution in [2.45, 2.75) is 32.5 Å². The molecule has 0 aromatic heterocycles. The summed E-state index contributed by atoms with van der Waals surface area (Å²) in [7, 11) is 8.48. The molecule has 0 fully saturated rings. The van der Waals surface area contributed by atoms with Crippen LogP contribution in [0, 0.1) is 11.8 Å². The van der Waals surface area contributed by atoms with Gasteiger partial charge in [0.2, 0.25) is 0 Å². The lowest BCUT2D eigenvalue weighted by atomic mass is 10.0. The molecule has 2 aromatic rings. The minimum Gasteiger partial charge on any atom is -0.488 e. The van der Waals surface area contributed by atoms with Gasteiger partial charge in [0.1, 0.15) is 18.9 Å². The molecule has 0 saturated carbocycles. The summed E-state index contributed by atoms with van der Waals surface area (Å²) in [6.45, 7) is 3.97. The largest absolute Gasteiger partial charge is 0.488 e. The van der Waals surface area contributed by atoms with Crippen molar-refractivity contribution in [3.63, 3.8) is 0 Å². The number of quaternary nitrogens is 1. The summed E-state index contributed by atoms with van der Waals surface area (Å²) < 4.78 is 6.97. The summed E-state index contributed by atoms with van der Waals surface area (Å²) >= 11 is 0. The zero-order valence-electron chi connectivity index (χ0n) is 18.7. The van der Waals surface area contributed by atoms with Crippen LogP contribution >= 0.6 is 0 Å². The fourth-order valence-corrected chi connectivity index (χ4v) is 3.16. The number of ether oxygens (including phenoxy) is 1. The standard InChI is InChI=1S/C25H32N2O3/c1-20(26(2)15-9-12-25(28)29)16-22-13-14-24(23(17-22)18-27(3,4)5)30-19-21-10-7-6-8-11-21/h6-8,10-11,13-14,17,20H,15-16,18-19H2,1-5H3/p+1/t20-/m1/s1. The summed E-state index contributed by atoms with van der Waals surface area (Å²) in [4.78, 5) is 12.6. The van der Waals surface area contributed by atoms with E-state index in [1.807, 2.05) is 25.2 Å². The van der Waals surface area contributed by atoms with Gasteiger partial charge in [0, 0.05) is 17.5 Å². The van der Waals surface area contributed by atoms with Gasteiger partial charge in [-0.1, -0.05) is 42.3 Å². The van der Waals surface area contributed by atoms with Crippen molar-refractivity contribution in [2.75, 3.05) is 34.7 Å². The van der Waals surface area contributed by atoms with Gasteiger partial charge in [-0.25, -0.2) is 4.79 Å². The monoisotopic (exact) mass is 409 g/mol. The van der Waals surface area contributed by atoms with Crippen LogP contribution in [0.1, 0.15) is 23.6 Å². The van der Waals surface area contributed by atoms with E-state index in [1.54, 1.807) is 0 Å². The van der Waals surface area contributed by atoms with Crippen molar-refractivity contribution in [1.82, 2.24) is 4.90 Å². The zero-order valence-corrected chi connectivity index (χ0v) is 18.7. The van der Waals surface area contributed by atoms with E-state index in [1.165, 1.54) is 11.1 Å². The van der Waals surface area contributed by atoms with Gasteiger partial charge in [-0.05, 0) is 43.7 Å². The zero-order chi connectivity index (χ0) is 22.1. The Balaban J connectivity index is 2.12. The molecular weight excluding hydrogens is 376 g/mol. The van der Waals surface area contributed by atoms with Crippen LogP contribution in [0.3, 0.4) is 0 Å². The topological polar surface area (TPSA) is 49.8 Å². The third-order valence-electron chi connectivity index (χ3n) is 4.81. The van der Waals surface area contributed by atoms with Crippen LogP contribution in [-0.2, 0) is 24.4 Å². The van der Waals surface area contributed by atoms with Crippen molar-refractivity contribution < 1.29 is 19.1 Å². The average Bonchev–Trinajstić information content (AvgIpc) is 2.66. The van der Waals surface area contributed by atoms with Gasteiger partial charge in [0.05, 0.1) is 27.7 Å². The van der Waals surface area contributed by atoms with Crippen LogP contribution < -0.4 is 4.74 Å². The van der Waals surface area contributed by atoms with Gasteiger partial charge < -0.3 is 14.3 Å². The molecule has 0 spiro atoms. The molecule has 0 aliphatic heterocycles. The molecule has 5 heteroatoms. The minimum absolute atomic E-state index is 0.237. The Morgan fingerprint density at radius 1 is 1.13 bits per heavy atom. The molecular formula is C25H33N2O3+. The van der Waals surface area contributed by atoms with Crippen molar-refractivity contribution >= 4 is 5.97 Å². The molecule has 1 N–H and O–H groups in total. The number of nitrogens with zero attached hydrogens (tertiary/aromatic N) is 2. The van der Waals surface area contributed by atoms with Gasteiger partial charge in [-0.15, -0.1) is 0 Å². The molecule has 0 aliphatic carbocycles. The lowest BCUT2D eigenvalue weighted by Gasteiger charge is -2.26. The molecule has 0 bridgehead atoms. The number of hydrogen-bond acceptors (Lipinski definition) is 3. The van der Waals surface area contributed by atoms with Crippen LogP contribution in [0.4, 0.5) is 0 Å². The molecule has 0 amide bonds. The molecule has 160 valence electrons. The second-order valence-electron chi connectivity index (χ2n) is 8.74. The molecule has 2 rings (SSSR count). The summed E-state index contributed by atoms with van der Waals surface area (Å²) in [5.41, 5.74) is 3.57. The lowest BCUT2D eigenvalue weighted by Crippen LogP contribution is -2.33. The first-order valence-corrected chi connectivity index (χ1v) is 10.1. The highest BCUT2D eigenvalue weighted by atomic mass is 16.5. The van der Waals surface area contributed by atoms with Crippen LogP contribution in [0.25, 0.3) is 0 Å². The van der Waals surface area contributed by atoms with E-state index in [2.05, 4.69) is 75.1 Å². The molecule has 5 nitrogen and oxygen atoms in total. The molecule has 0 saturated heterocycles. The van der Waals surface area contributed by atoms with E-state index >= 15 is 0 Å². The lowest BCUT2D eigenvalue weighted by molar-refractivity contribution is -0.884. The van der Waals surface area contributed by atoms with Gasteiger partial charge >= 0.3 is 5.97 Å². The van der Waals surface area contributed by atoms with Crippen LogP contribution in [0.2, 0.25) is 0 Å². The maximum atomic E-state index is 10.6. The van der Waals surface area contributed by atoms with Crippen LogP contribution in [0.15, 0.2) is 48.5 Å². The normalized spacial score (nSPS) is 12.2. The molecule has 0 aliphatic rings. The second-order valence-corrected chi connectivity index (χ2v) is 8.74. The maximum absolute atomic E-state index is 10.6. The first kappa shape index (κ1) is 23.5. The Kier molecular flexibility index (Phi) is 8.46. The Morgan fingerprint density at radius 2 is 1.83 bits per heavy atom. The van der Waals surface area contributed by atoms with E-state index < -0.39 is 5.97 Å². The van der Waals surface area contributed by atoms with Crippen LogP contribution in [-0.4, -0.2) is 61.2 Å². The highest BCUT2D eigenvalue weighted by Gasteiger charge is 2.16. The number of likely N-dealkylation sites (N-methyl/N-ethyl adjacent to an activating group) is 1. The van der Waals surface area contributed by atoms with E-state index in [9.17, 15) is 4.79 Å². The Morgan fingerprint density at radius 3 is 2.47 bits per heavy atom. The Labute approximate surface area is 180 Å². The summed E-state index contributed by atoms with van der Waals surface area (Å²) in [6.07, 6.45) is 0.856. The minimum atomic E-state index is -1.09.